The van der Waals surface area contributed by atoms with Gasteiger partial charge in [-0.25, -0.2) is 4.98 Å². The Bertz CT molecular complexity index is 889. The second-order valence-corrected chi connectivity index (χ2v) is 5.85. The number of carbonyl (C=O) groups excluding carboxylic acids is 2. The highest BCUT2D eigenvalue weighted by Crippen LogP contribution is 2.26. The minimum atomic E-state index is -0.214. The molecule has 0 aliphatic heterocycles. The Balaban J connectivity index is 1.73. The summed E-state index contributed by atoms with van der Waals surface area (Å²) in [6.45, 7) is 0. The summed E-state index contributed by atoms with van der Waals surface area (Å²) >= 11 is 5.87. The largest absolute Gasteiger partial charge is 0.338 e. The van der Waals surface area contributed by atoms with E-state index in [9.17, 15) is 9.59 Å². The van der Waals surface area contributed by atoms with E-state index >= 15 is 0 Å². The van der Waals surface area contributed by atoms with Gasteiger partial charge in [-0.2, -0.15) is 0 Å². The molecule has 1 heterocycles. The molecule has 0 atom stereocenters. The van der Waals surface area contributed by atoms with Gasteiger partial charge in [-0.05, 0) is 17.7 Å². The predicted molar refractivity (Wildman–Crippen MR) is 86.2 cm³/mol. The lowest BCUT2D eigenvalue weighted by molar-refractivity contribution is 0.0974. The number of fused-ring (bicyclic) bond motifs is 2. The van der Waals surface area contributed by atoms with E-state index in [1.807, 2.05) is 12.1 Å². The van der Waals surface area contributed by atoms with Crippen LogP contribution in [0.3, 0.4) is 0 Å². The highest BCUT2D eigenvalue weighted by molar-refractivity contribution is 6.30. The topological polar surface area (TPSA) is 62.8 Å². The van der Waals surface area contributed by atoms with Crippen molar-refractivity contribution in [2.45, 2.75) is 6.42 Å². The Kier molecular flexibility index (Phi) is 3.13. The molecule has 0 bridgehead atoms. The molecule has 3 aromatic rings. The lowest BCUT2D eigenvalue weighted by Gasteiger charge is -2.11. The number of ketones is 2. The molecule has 0 saturated carbocycles. The van der Waals surface area contributed by atoms with E-state index in [4.69, 9.17) is 11.6 Å². The Hall–Kier alpha value is -2.72. The second-order valence-electron chi connectivity index (χ2n) is 5.41. The summed E-state index contributed by atoms with van der Waals surface area (Å²) < 4.78 is 0. The van der Waals surface area contributed by atoms with Crippen LogP contribution in [0.1, 0.15) is 43.5 Å². The van der Waals surface area contributed by atoms with Crippen LogP contribution in [-0.4, -0.2) is 21.5 Å². The highest BCUT2D eigenvalue weighted by Gasteiger charge is 2.32. The Labute approximate surface area is 137 Å². The minimum Gasteiger partial charge on any atom is -0.338 e. The van der Waals surface area contributed by atoms with Crippen LogP contribution in [-0.2, 0) is 6.42 Å². The highest BCUT2D eigenvalue weighted by atomic mass is 35.5. The van der Waals surface area contributed by atoms with E-state index < -0.39 is 0 Å². The van der Waals surface area contributed by atoms with Gasteiger partial charge in [0.15, 0.2) is 0 Å². The molecule has 0 saturated heterocycles. The first kappa shape index (κ1) is 13.9. The number of nitrogens with one attached hydrogen (secondary N) is 1. The number of H-pyrrole nitrogens is 1. The van der Waals surface area contributed by atoms with Gasteiger partial charge in [0.25, 0.3) is 0 Å². The van der Waals surface area contributed by atoms with Gasteiger partial charge in [0.05, 0.1) is 0 Å². The molecular formula is C18H11ClN2O2. The zero-order valence-electron chi connectivity index (χ0n) is 12.0. The number of hydrogen-bond donors (Lipinski definition) is 1. The molecule has 23 heavy (non-hydrogen) atoms. The number of hydrogen-bond acceptors (Lipinski definition) is 3. The predicted octanol–water partition coefficient (Wildman–Crippen LogP) is 3.43. The fraction of sp³-hybridized carbons (Fsp3) is 0.0556. The van der Waals surface area contributed by atoms with Crippen molar-refractivity contribution in [3.8, 4) is 0 Å². The van der Waals surface area contributed by atoms with E-state index in [2.05, 4.69) is 9.97 Å². The SMILES string of the molecule is O=C1c2ccccc2C(=O)c2[nH]c(Cc3ccc(Cl)cc3)nc21. The fourth-order valence-electron chi connectivity index (χ4n) is 2.77. The summed E-state index contributed by atoms with van der Waals surface area (Å²) in [7, 11) is 0. The molecule has 5 heteroatoms. The smallest absolute Gasteiger partial charge is 0.214 e. The first-order valence-electron chi connectivity index (χ1n) is 7.15. The van der Waals surface area contributed by atoms with E-state index in [0.29, 0.717) is 28.4 Å². The summed E-state index contributed by atoms with van der Waals surface area (Å²) in [5.74, 6) is 0.186. The normalized spacial score (nSPS) is 12.9. The Morgan fingerprint density at radius 2 is 1.57 bits per heavy atom. The van der Waals surface area contributed by atoms with Crippen molar-refractivity contribution >= 4 is 23.2 Å². The second kappa shape index (κ2) is 5.18. The fourth-order valence-corrected chi connectivity index (χ4v) is 2.90. The minimum absolute atomic E-state index is 0.190. The van der Waals surface area contributed by atoms with Gasteiger partial charge in [0.1, 0.15) is 17.2 Å². The van der Waals surface area contributed by atoms with E-state index in [1.165, 1.54) is 0 Å². The maximum absolute atomic E-state index is 12.5. The van der Waals surface area contributed by atoms with Crippen LogP contribution in [0.4, 0.5) is 0 Å². The summed E-state index contributed by atoms with van der Waals surface area (Å²) in [5, 5.41) is 0.660. The molecular weight excluding hydrogens is 312 g/mol. The van der Waals surface area contributed by atoms with E-state index in [0.717, 1.165) is 5.56 Å². The van der Waals surface area contributed by atoms with Crippen LogP contribution < -0.4 is 0 Å². The van der Waals surface area contributed by atoms with Crippen LogP contribution in [0.25, 0.3) is 0 Å². The van der Waals surface area contributed by atoms with Crippen LogP contribution in [0, 0.1) is 0 Å². The Morgan fingerprint density at radius 1 is 0.913 bits per heavy atom. The summed E-state index contributed by atoms with van der Waals surface area (Å²) in [4.78, 5) is 32.4. The average molecular weight is 323 g/mol. The van der Waals surface area contributed by atoms with Crippen LogP contribution in [0.5, 0.6) is 0 Å². The number of aromatic nitrogens is 2. The third kappa shape index (κ3) is 2.28. The van der Waals surface area contributed by atoms with Crippen molar-refractivity contribution < 1.29 is 9.59 Å². The van der Waals surface area contributed by atoms with Crippen molar-refractivity contribution in [2.24, 2.45) is 0 Å². The van der Waals surface area contributed by atoms with E-state index in [1.54, 1.807) is 36.4 Å². The van der Waals surface area contributed by atoms with Gasteiger partial charge in [0.2, 0.25) is 11.6 Å². The number of carbonyl (C=O) groups is 2. The number of imidazole rings is 1. The number of rotatable bonds is 2. The number of halogens is 1. The molecule has 0 amide bonds. The van der Waals surface area contributed by atoms with Crippen molar-refractivity contribution in [1.82, 2.24) is 9.97 Å². The molecule has 112 valence electrons. The molecule has 1 aromatic heterocycles. The molecule has 0 fully saturated rings. The van der Waals surface area contributed by atoms with E-state index in [-0.39, 0.29) is 23.0 Å². The molecule has 0 spiro atoms. The molecule has 2 aromatic carbocycles. The van der Waals surface area contributed by atoms with Crippen LogP contribution >= 0.6 is 11.6 Å². The summed E-state index contributed by atoms with van der Waals surface area (Å²) in [6, 6.07) is 14.2. The van der Waals surface area contributed by atoms with Gasteiger partial charge in [-0.15, -0.1) is 0 Å². The van der Waals surface area contributed by atoms with Crippen LogP contribution in [0.2, 0.25) is 5.02 Å². The lowest BCUT2D eigenvalue weighted by Crippen LogP contribution is -2.20. The molecule has 0 radical (unpaired) electrons. The van der Waals surface area contributed by atoms with Crippen molar-refractivity contribution in [3.63, 3.8) is 0 Å². The van der Waals surface area contributed by atoms with Gasteiger partial charge in [-0.3, -0.25) is 9.59 Å². The van der Waals surface area contributed by atoms with Gasteiger partial charge in [0, 0.05) is 22.6 Å². The molecule has 4 rings (SSSR count). The average Bonchev–Trinajstić information content (AvgIpc) is 2.99. The zero-order valence-corrected chi connectivity index (χ0v) is 12.7. The van der Waals surface area contributed by atoms with Crippen LogP contribution in [0.15, 0.2) is 48.5 Å². The monoisotopic (exact) mass is 322 g/mol. The first-order chi connectivity index (χ1) is 11.1. The Morgan fingerprint density at radius 3 is 2.26 bits per heavy atom. The molecule has 4 nitrogen and oxygen atoms in total. The maximum atomic E-state index is 12.5. The molecule has 1 aliphatic rings. The number of nitrogens with zero attached hydrogens (tertiary/aromatic N) is 1. The molecule has 0 unspecified atom stereocenters. The standard InChI is InChI=1S/C18H11ClN2O2/c19-11-7-5-10(6-8-11)9-14-20-15-16(21-14)18(23)13-4-2-1-3-12(13)17(15)22/h1-8H,9H2,(H,20,21). The van der Waals surface area contributed by atoms with Gasteiger partial charge >= 0.3 is 0 Å². The number of benzene rings is 2. The lowest BCUT2D eigenvalue weighted by atomic mass is 9.90. The first-order valence-corrected chi connectivity index (χ1v) is 7.53. The third-order valence-electron chi connectivity index (χ3n) is 3.90. The van der Waals surface area contributed by atoms with Crippen molar-refractivity contribution in [2.75, 3.05) is 0 Å². The van der Waals surface area contributed by atoms with Crippen molar-refractivity contribution in [3.05, 3.63) is 87.5 Å². The van der Waals surface area contributed by atoms with Crippen molar-refractivity contribution in [1.29, 1.82) is 0 Å². The number of aromatic amines is 1. The zero-order chi connectivity index (χ0) is 16.0. The van der Waals surface area contributed by atoms with Gasteiger partial charge in [-0.1, -0.05) is 48.0 Å². The molecule has 1 aliphatic carbocycles. The third-order valence-corrected chi connectivity index (χ3v) is 4.15. The summed E-state index contributed by atoms with van der Waals surface area (Å²) in [6.07, 6.45) is 0.501. The maximum Gasteiger partial charge on any atom is 0.214 e. The quantitative estimate of drug-likeness (QED) is 0.615. The summed E-state index contributed by atoms with van der Waals surface area (Å²) in [5.41, 5.74) is 2.31. The molecule has 1 N–H and O–H groups in total. The van der Waals surface area contributed by atoms with Gasteiger partial charge < -0.3 is 4.98 Å².